The zero-order valence-electron chi connectivity index (χ0n) is 27.1. The minimum absolute atomic E-state index is 0.0226. The first-order valence-corrected chi connectivity index (χ1v) is 18.6. The molecule has 1 N–H and O–H groups in total. The molecule has 1 amide bonds. The molecular weight excluding hydrogens is 609 g/mol. The molecule has 1 saturated carbocycles. The van der Waals surface area contributed by atoms with E-state index in [9.17, 15) is 13.2 Å². The molecule has 0 spiro atoms. The van der Waals surface area contributed by atoms with Crippen LogP contribution < -0.4 is 10.1 Å². The molecule has 1 saturated heterocycles. The first-order valence-electron chi connectivity index (χ1n) is 16.4. The van der Waals surface area contributed by atoms with Crippen molar-refractivity contribution >= 4 is 42.7 Å². The number of hydrogen-bond donors (Lipinski definition) is 1. The van der Waals surface area contributed by atoms with E-state index in [0.717, 1.165) is 63.8 Å². The third kappa shape index (κ3) is 8.21. The van der Waals surface area contributed by atoms with Crippen molar-refractivity contribution in [2.45, 2.75) is 75.6 Å². The van der Waals surface area contributed by atoms with E-state index < -0.39 is 15.9 Å². The zero-order chi connectivity index (χ0) is 32.0. The van der Waals surface area contributed by atoms with Crippen LogP contribution in [0.5, 0.6) is 5.88 Å². The van der Waals surface area contributed by atoms with Gasteiger partial charge in [0.1, 0.15) is 10.3 Å². The number of likely N-dealkylation sites (N-methyl/N-ethyl adjacent to an activating group) is 1. The van der Waals surface area contributed by atoms with Crippen molar-refractivity contribution in [3.63, 3.8) is 0 Å². The van der Waals surface area contributed by atoms with Crippen molar-refractivity contribution in [2.75, 3.05) is 58.7 Å². The Morgan fingerprint density at radius 3 is 2.36 bits per heavy atom. The summed E-state index contributed by atoms with van der Waals surface area (Å²) in [6.07, 6.45) is 6.95. The first kappa shape index (κ1) is 33.7. The number of carbonyl (C=O) groups is 1. The van der Waals surface area contributed by atoms with Crippen LogP contribution in [0.3, 0.4) is 0 Å². The molecule has 1 aliphatic carbocycles. The van der Waals surface area contributed by atoms with Crippen molar-refractivity contribution in [3.05, 3.63) is 42.0 Å². The molecule has 2 fully saturated rings. The number of nitrogens with zero attached hydrogens (tertiary/aromatic N) is 5. The number of ether oxygens (including phenoxy) is 1. The quantitative estimate of drug-likeness (QED) is 0.245. The molecule has 45 heavy (non-hydrogen) atoms. The Kier molecular flexibility index (Phi) is 11.5. The monoisotopic (exact) mass is 656 g/mol. The Morgan fingerprint density at radius 2 is 1.71 bits per heavy atom. The summed E-state index contributed by atoms with van der Waals surface area (Å²) in [5.74, 6) is 0.425. The van der Waals surface area contributed by atoms with Gasteiger partial charge >= 0.3 is 0 Å². The predicted molar refractivity (Wildman–Crippen MR) is 181 cm³/mol. The van der Waals surface area contributed by atoms with Gasteiger partial charge in [0.2, 0.25) is 21.8 Å². The molecule has 1 aromatic carbocycles. The van der Waals surface area contributed by atoms with Gasteiger partial charge in [-0.3, -0.25) is 4.79 Å². The van der Waals surface area contributed by atoms with Crippen LogP contribution in [0.1, 0.15) is 70.3 Å². The third-order valence-corrected chi connectivity index (χ3v) is 12.4. The molecule has 3 heterocycles. The number of nitrogens with one attached hydrogen (secondary N) is 1. The Labute approximate surface area is 272 Å². The minimum atomic E-state index is -3.72. The second-order valence-corrected chi connectivity index (χ2v) is 15.2. The molecule has 3 aromatic rings. The van der Waals surface area contributed by atoms with E-state index in [1.807, 2.05) is 18.2 Å². The summed E-state index contributed by atoms with van der Waals surface area (Å²) < 4.78 is 35.3. The SMILES string of the molecule is CCN(CC)CCN(C1CCN(C)CC1)S(=O)(=O)c1ccc(C(CC2CCCC2)C(=O)Nc2nc3ccc(OC)nc3s2)cc1. The van der Waals surface area contributed by atoms with E-state index in [1.54, 1.807) is 29.6 Å². The number of benzene rings is 1. The number of likely N-dealkylation sites (tertiary alicyclic amines) is 1. The fourth-order valence-electron chi connectivity index (χ4n) is 6.70. The average molecular weight is 657 g/mol. The Bertz CT molecular complexity index is 1510. The van der Waals surface area contributed by atoms with E-state index in [4.69, 9.17) is 4.74 Å². The highest BCUT2D eigenvalue weighted by atomic mass is 32.2. The first-order chi connectivity index (χ1) is 21.7. The molecule has 1 aliphatic heterocycles. The number of methoxy groups -OCH3 is 1. The van der Waals surface area contributed by atoms with Gasteiger partial charge < -0.3 is 19.9 Å². The number of amides is 1. The van der Waals surface area contributed by atoms with Crippen LogP contribution in [0, 0.1) is 5.92 Å². The highest BCUT2D eigenvalue weighted by molar-refractivity contribution is 7.89. The van der Waals surface area contributed by atoms with E-state index in [0.29, 0.717) is 40.4 Å². The van der Waals surface area contributed by atoms with Crippen molar-refractivity contribution in [2.24, 2.45) is 5.92 Å². The summed E-state index contributed by atoms with van der Waals surface area (Å²) in [7, 11) is -0.0624. The van der Waals surface area contributed by atoms with Gasteiger partial charge in [0.25, 0.3) is 0 Å². The Balaban J connectivity index is 1.38. The summed E-state index contributed by atoms with van der Waals surface area (Å²) in [4.78, 5) is 28.3. The normalized spacial score (nSPS) is 17.8. The lowest BCUT2D eigenvalue weighted by atomic mass is 9.87. The number of piperidine rings is 1. The van der Waals surface area contributed by atoms with Gasteiger partial charge in [-0.15, -0.1) is 0 Å². The largest absolute Gasteiger partial charge is 0.481 e. The highest BCUT2D eigenvalue weighted by Crippen LogP contribution is 2.36. The fourth-order valence-corrected chi connectivity index (χ4v) is 9.21. The maximum absolute atomic E-state index is 14.2. The Morgan fingerprint density at radius 1 is 1.02 bits per heavy atom. The van der Waals surface area contributed by atoms with E-state index in [2.05, 4.69) is 46.0 Å². The number of hydrogen-bond acceptors (Lipinski definition) is 9. The van der Waals surface area contributed by atoms with Crippen molar-refractivity contribution in [1.82, 2.24) is 24.1 Å². The summed E-state index contributed by atoms with van der Waals surface area (Å²) in [5.41, 5.74) is 1.53. The standard InChI is InChI=1S/C33H48N6O4S2/c1-5-38(6-2)21-22-39(26-17-19-37(3)20-18-26)45(41,42)27-13-11-25(12-14-27)28(23-24-9-7-8-10-24)31(40)36-33-34-29-15-16-30(43-4)35-32(29)44-33/h11-16,24,26,28H,5-10,17-23H2,1-4H3,(H,34,36,40). The lowest BCUT2D eigenvalue weighted by Crippen LogP contribution is -2.49. The van der Waals surface area contributed by atoms with Gasteiger partial charge in [0.05, 0.1) is 17.9 Å². The van der Waals surface area contributed by atoms with Gasteiger partial charge in [-0.2, -0.15) is 4.31 Å². The molecule has 2 aliphatic rings. The number of anilines is 1. The van der Waals surface area contributed by atoms with E-state index in [-0.39, 0.29) is 16.8 Å². The molecule has 246 valence electrons. The van der Waals surface area contributed by atoms with Crippen LogP contribution in [0.25, 0.3) is 10.3 Å². The number of fused-ring (bicyclic) bond motifs is 1. The van der Waals surface area contributed by atoms with Gasteiger partial charge in [-0.1, -0.05) is 63.0 Å². The molecule has 1 unspecified atom stereocenters. The van der Waals surface area contributed by atoms with E-state index >= 15 is 0 Å². The number of thiazole rings is 1. The maximum Gasteiger partial charge on any atom is 0.243 e. The molecule has 5 rings (SSSR count). The molecule has 10 nitrogen and oxygen atoms in total. The van der Waals surface area contributed by atoms with Crippen molar-refractivity contribution < 1.29 is 17.9 Å². The summed E-state index contributed by atoms with van der Waals surface area (Å²) >= 11 is 1.32. The number of aromatic nitrogens is 2. The van der Waals surface area contributed by atoms with Crippen molar-refractivity contribution in [3.8, 4) is 5.88 Å². The van der Waals surface area contributed by atoms with Gasteiger partial charge in [-0.25, -0.2) is 18.4 Å². The summed E-state index contributed by atoms with van der Waals surface area (Å²) in [6, 6.07) is 10.6. The third-order valence-electron chi connectivity index (χ3n) is 9.54. The van der Waals surface area contributed by atoms with Crippen LogP contribution in [0.2, 0.25) is 0 Å². The topological polar surface area (TPSA) is 108 Å². The molecule has 1 atom stereocenters. The Hall–Kier alpha value is -2.64. The van der Waals surface area contributed by atoms with Crippen LogP contribution in [0.4, 0.5) is 5.13 Å². The number of rotatable bonds is 14. The second-order valence-electron chi connectivity index (χ2n) is 12.4. The summed E-state index contributed by atoms with van der Waals surface area (Å²) in [6.45, 7) is 8.94. The van der Waals surface area contributed by atoms with Crippen molar-refractivity contribution in [1.29, 1.82) is 0 Å². The highest BCUT2D eigenvalue weighted by Gasteiger charge is 2.34. The lowest BCUT2D eigenvalue weighted by molar-refractivity contribution is -0.118. The molecule has 12 heteroatoms. The summed E-state index contributed by atoms with van der Waals surface area (Å²) in [5, 5.41) is 3.54. The minimum Gasteiger partial charge on any atom is -0.481 e. The fraction of sp³-hybridized carbons (Fsp3) is 0.606. The van der Waals surface area contributed by atoms with Crippen LogP contribution in [0.15, 0.2) is 41.3 Å². The number of pyridine rings is 1. The molecule has 0 radical (unpaired) electrons. The molecular formula is C33H48N6O4S2. The number of carbonyl (C=O) groups excluding carboxylic acids is 1. The van der Waals surface area contributed by atoms with Crippen LogP contribution in [-0.2, 0) is 14.8 Å². The lowest BCUT2D eigenvalue weighted by Gasteiger charge is -2.37. The smallest absolute Gasteiger partial charge is 0.243 e. The second kappa shape index (κ2) is 15.3. The van der Waals surface area contributed by atoms with Gasteiger partial charge in [0, 0.05) is 25.2 Å². The average Bonchev–Trinajstić information content (AvgIpc) is 3.71. The van der Waals surface area contributed by atoms with Crippen LogP contribution >= 0.6 is 11.3 Å². The number of sulfonamides is 1. The maximum atomic E-state index is 14.2. The van der Waals surface area contributed by atoms with Gasteiger partial charge in [0.15, 0.2) is 5.13 Å². The van der Waals surface area contributed by atoms with Gasteiger partial charge in [-0.05, 0) is 82.2 Å². The van der Waals surface area contributed by atoms with E-state index in [1.165, 1.54) is 24.2 Å². The van der Waals surface area contributed by atoms with Crippen LogP contribution in [-0.4, -0.2) is 97.9 Å². The predicted octanol–water partition coefficient (Wildman–Crippen LogP) is 5.43. The molecule has 2 aromatic heterocycles. The zero-order valence-corrected chi connectivity index (χ0v) is 28.7. The molecule has 0 bridgehead atoms.